The number of ether oxygens (including phenoxy) is 2. The summed E-state index contributed by atoms with van der Waals surface area (Å²) in [5, 5.41) is 2.87. The molecule has 0 aliphatic heterocycles. The van der Waals surface area contributed by atoms with Crippen molar-refractivity contribution in [3.63, 3.8) is 0 Å². The molecule has 0 spiro atoms. The summed E-state index contributed by atoms with van der Waals surface area (Å²) in [6.45, 7) is 0.591. The summed E-state index contributed by atoms with van der Waals surface area (Å²) >= 11 is 0. The van der Waals surface area contributed by atoms with E-state index >= 15 is 0 Å². The van der Waals surface area contributed by atoms with Crippen LogP contribution in [-0.4, -0.2) is 26.7 Å². The molecule has 0 atom stereocenters. The van der Waals surface area contributed by atoms with Crippen LogP contribution in [-0.2, 0) is 11.2 Å². The highest BCUT2D eigenvalue weighted by Gasteiger charge is 1.98. The number of carbonyl (C=O) groups is 1. The summed E-state index contributed by atoms with van der Waals surface area (Å²) < 4.78 is 10.3. The molecule has 0 heterocycles. The maximum absolute atomic E-state index is 11.8. The molecular weight excluding hydrogens is 290 g/mol. The number of carbonyl (C=O) groups excluding carboxylic acids is 1. The molecule has 0 unspecified atom stereocenters. The van der Waals surface area contributed by atoms with E-state index in [4.69, 9.17) is 9.47 Å². The van der Waals surface area contributed by atoms with Crippen LogP contribution in [0.15, 0.2) is 54.6 Å². The predicted molar refractivity (Wildman–Crippen MR) is 91.7 cm³/mol. The number of hydrogen-bond donors (Lipinski definition) is 1. The number of methoxy groups -OCH3 is 2. The van der Waals surface area contributed by atoms with Crippen LogP contribution in [0.2, 0.25) is 0 Å². The maximum atomic E-state index is 11.8. The second-order valence-electron chi connectivity index (χ2n) is 5.00. The molecule has 0 aromatic heterocycles. The minimum atomic E-state index is -0.110. The zero-order chi connectivity index (χ0) is 16.5. The van der Waals surface area contributed by atoms with E-state index in [1.54, 1.807) is 20.3 Å². The molecule has 1 N–H and O–H groups in total. The Bertz CT molecular complexity index is 663. The zero-order valence-electron chi connectivity index (χ0n) is 13.4. The van der Waals surface area contributed by atoms with Gasteiger partial charge in [-0.3, -0.25) is 4.79 Å². The van der Waals surface area contributed by atoms with E-state index < -0.39 is 0 Å². The fourth-order valence-corrected chi connectivity index (χ4v) is 2.10. The van der Waals surface area contributed by atoms with Crippen LogP contribution in [0.1, 0.15) is 11.1 Å². The van der Waals surface area contributed by atoms with Crippen molar-refractivity contribution in [2.75, 3.05) is 20.8 Å². The summed E-state index contributed by atoms with van der Waals surface area (Å²) in [7, 11) is 3.26. The van der Waals surface area contributed by atoms with Crippen LogP contribution < -0.4 is 14.8 Å². The smallest absolute Gasteiger partial charge is 0.244 e. The molecule has 120 valence electrons. The highest BCUT2D eigenvalue weighted by molar-refractivity contribution is 5.91. The lowest BCUT2D eigenvalue weighted by atomic mass is 10.1. The van der Waals surface area contributed by atoms with Gasteiger partial charge in [0.25, 0.3) is 0 Å². The summed E-state index contributed by atoms with van der Waals surface area (Å²) in [5.41, 5.74) is 2.08. The molecule has 0 aliphatic rings. The van der Waals surface area contributed by atoms with Gasteiger partial charge in [0.1, 0.15) is 11.5 Å². The Morgan fingerprint density at radius 3 is 2.48 bits per heavy atom. The van der Waals surface area contributed by atoms with Crippen LogP contribution in [0.3, 0.4) is 0 Å². The van der Waals surface area contributed by atoms with Crippen molar-refractivity contribution in [2.45, 2.75) is 6.42 Å². The monoisotopic (exact) mass is 311 g/mol. The van der Waals surface area contributed by atoms with Crippen LogP contribution >= 0.6 is 0 Å². The van der Waals surface area contributed by atoms with Gasteiger partial charge in [-0.25, -0.2) is 0 Å². The fraction of sp³-hybridized carbons (Fsp3) is 0.211. The Morgan fingerprint density at radius 2 is 1.78 bits per heavy atom. The Kier molecular flexibility index (Phi) is 6.24. The third-order valence-corrected chi connectivity index (χ3v) is 3.39. The average molecular weight is 311 g/mol. The molecule has 0 aliphatic carbocycles. The third kappa shape index (κ3) is 5.51. The molecule has 2 rings (SSSR count). The summed E-state index contributed by atoms with van der Waals surface area (Å²) in [5.74, 6) is 1.49. The Hall–Kier alpha value is -2.75. The largest absolute Gasteiger partial charge is 0.497 e. The minimum absolute atomic E-state index is 0.110. The molecule has 0 saturated carbocycles. The normalized spacial score (nSPS) is 10.5. The first-order valence-electron chi connectivity index (χ1n) is 7.44. The summed E-state index contributed by atoms with van der Waals surface area (Å²) in [6, 6.07) is 15.4. The molecule has 2 aromatic carbocycles. The van der Waals surface area contributed by atoms with E-state index in [0.717, 1.165) is 29.0 Å². The lowest BCUT2D eigenvalue weighted by Gasteiger charge is -2.04. The van der Waals surface area contributed by atoms with Crippen molar-refractivity contribution in [3.8, 4) is 11.5 Å². The van der Waals surface area contributed by atoms with Gasteiger partial charge in [0, 0.05) is 12.6 Å². The number of benzene rings is 2. The summed E-state index contributed by atoms with van der Waals surface area (Å²) in [6.07, 6.45) is 4.08. The topological polar surface area (TPSA) is 47.6 Å². The zero-order valence-corrected chi connectivity index (χ0v) is 13.4. The molecular formula is C19H21NO3. The molecule has 0 saturated heterocycles. The van der Waals surface area contributed by atoms with E-state index in [2.05, 4.69) is 5.32 Å². The van der Waals surface area contributed by atoms with Gasteiger partial charge in [-0.2, -0.15) is 0 Å². The Morgan fingerprint density at radius 1 is 1.04 bits per heavy atom. The van der Waals surface area contributed by atoms with Gasteiger partial charge in [0.15, 0.2) is 0 Å². The van der Waals surface area contributed by atoms with E-state index in [-0.39, 0.29) is 5.91 Å². The van der Waals surface area contributed by atoms with Crippen molar-refractivity contribution in [1.82, 2.24) is 5.32 Å². The standard InChI is InChI=1S/C19H21NO3/c1-22-17-9-6-15(7-10-17)12-13-20-19(21)11-8-16-4-3-5-18(14-16)23-2/h3-11,14H,12-13H2,1-2H3,(H,20,21). The number of nitrogens with one attached hydrogen (secondary N) is 1. The SMILES string of the molecule is COc1ccc(CCNC(=O)C=Cc2cccc(OC)c2)cc1. The first-order valence-corrected chi connectivity index (χ1v) is 7.44. The van der Waals surface area contributed by atoms with E-state index in [1.807, 2.05) is 48.5 Å². The van der Waals surface area contributed by atoms with Gasteiger partial charge in [0.2, 0.25) is 5.91 Å². The van der Waals surface area contributed by atoms with Crippen molar-refractivity contribution >= 4 is 12.0 Å². The number of amides is 1. The van der Waals surface area contributed by atoms with E-state index in [9.17, 15) is 4.79 Å². The van der Waals surface area contributed by atoms with Gasteiger partial charge < -0.3 is 14.8 Å². The Balaban J connectivity index is 1.78. The summed E-state index contributed by atoms with van der Waals surface area (Å²) in [4.78, 5) is 11.8. The van der Waals surface area contributed by atoms with Crippen LogP contribution in [0.5, 0.6) is 11.5 Å². The van der Waals surface area contributed by atoms with Crippen molar-refractivity contribution in [3.05, 3.63) is 65.7 Å². The van der Waals surface area contributed by atoms with Crippen LogP contribution in [0, 0.1) is 0 Å². The highest BCUT2D eigenvalue weighted by atomic mass is 16.5. The molecule has 4 nitrogen and oxygen atoms in total. The fourth-order valence-electron chi connectivity index (χ4n) is 2.10. The molecule has 23 heavy (non-hydrogen) atoms. The van der Waals surface area contributed by atoms with E-state index in [1.165, 1.54) is 6.08 Å². The van der Waals surface area contributed by atoms with Gasteiger partial charge in [-0.1, -0.05) is 24.3 Å². The lowest BCUT2D eigenvalue weighted by molar-refractivity contribution is -0.116. The van der Waals surface area contributed by atoms with Gasteiger partial charge >= 0.3 is 0 Å². The molecule has 0 radical (unpaired) electrons. The molecule has 0 bridgehead atoms. The second kappa shape index (κ2) is 8.63. The lowest BCUT2D eigenvalue weighted by Crippen LogP contribution is -2.23. The van der Waals surface area contributed by atoms with Crippen molar-refractivity contribution < 1.29 is 14.3 Å². The molecule has 0 fully saturated rings. The van der Waals surface area contributed by atoms with Gasteiger partial charge in [-0.15, -0.1) is 0 Å². The minimum Gasteiger partial charge on any atom is -0.497 e. The molecule has 4 heteroatoms. The highest BCUT2D eigenvalue weighted by Crippen LogP contribution is 2.13. The van der Waals surface area contributed by atoms with Crippen LogP contribution in [0.25, 0.3) is 6.08 Å². The maximum Gasteiger partial charge on any atom is 0.244 e. The molecule has 1 amide bonds. The average Bonchev–Trinajstić information content (AvgIpc) is 2.61. The number of rotatable bonds is 7. The first-order chi connectivity index (χ1) is 11.2. The first kappa shape index (κ1) is 16.6. The molecule has 2 aromatic rings. The quantitative estimate of drug-likeness (QED) is 0.799. The van der Waals surface area contributed by atoms with Crippen LogP contribution in [0.4, 0.5) is 0 Å². The third-order valence-electron chi connectivity index (χ3n) is 3.39. The van der Waals surface area contributed by atoms with Gasteiger partial charge in [0.05, 0.1) is 14.2 Å². The van der Waals surface area contributed by atoms with Crippen molar-refractivity contribution in [1.29, 1.82) is 0 Å². The predicted octanol–water partition coefficient (Wildman–Crippen LogP) is 3.08. The Labute approximate surface area is 136 Å². The number of hydrogen-bond acceptors (Lipinski definition) is 3. The van der Waals surface area contributed by atoms with E-state index in [0.29, 0.717) is 6.54 Å². The van der Waals surface area contributed by atoms with Gasteiger partial charge in [-0.05, 0) is 47.9 Å². The van der Waals surface area contributed by atoms with Crippen molar-refractivity contribution in [2.24, 2.45) is 0 Å². The second-order valence-corrected chi connectivity index (χ2v) is 5.00.